The van der Waals surface area contributed by atoms with E-state index >= 15 is 0 Å². The van der Waals surface area contributed by atoms with Crippen LogP contribution in [0.15, 0.2) is 22.8 Å². The summed E-state index contributed by atoms with van der Waals surface area (Å²) in [4.78, 5) is 13.7. The summed E-state index contributed by atoms with van der Waals surface area (Å²) in [5.41, 5.74) is 0.745. The van der Waals surface area contributed by atoms with E-state index in [-0.39, 0.29) is 11.5 Å². The van der Waals surface area contributed by atoms with Crippen molar-refractivity contribution in [2.45, 2.75) is 6.42 Å². The first-order valence-corrected chi connectivity index (χ1v) is 4.20. The minimum atomic E-state index is -0.344. The zero-order chi connectivity index (χ0) is 8.97. The van der Waals surface area contributed by atoms with E-state index in [2.05, 4.69) is 20.9 Å². The van der Waals surface area contributed by atoms with Crippen molar-refractivity contribution < 1.29 is 4.92 Å². The molecule has 0 spiro atoms. The lowest BCUT2D eigenvalue weighted by molar-refractivity contribution is -0.479. The van der Waals surface area contributed by atoms with Crippen LogP contribution in [-0.4, -0.2) is 16.5 Å². The Kier molecular flexibility index (Phi) is 3.16. The summed E-state index contributed by atoms with van der Waals surface area (Å²) in [6.07, 6.45) is 2.02. The molecule has 0 aliphatic carbocycles. The summed E-state index contributed by atoms with van der Waals surface area (Å²) in [6, 6.07) is 3.59. The Bertz CT molecular complexity index is 273. The van der Waals surface area contributed by atoms with Gasteiger partial charge in [0.05, 0.1) is 6.42 Å². The fourth-order valence-electron chi connectivity index (χ4n) is 0.760. The van der Waals surface area contributed by atoms with E-state index in [1.54, 1.807) is 12.3 Å². The van der Waals surface area contributed by atoms with Gasteiger partial charge in [0.15, 0.2) is 0 Å². The minimum absolute atomic E-state index is 0.0609. The molecule has 0 N–H and O–H groups in total. The second kappa shape index (κ2) is 4.15. The first-order valence-electron chi connectivity index (χ1n) is 3.41. The topological polar surface area (TPSA) is 56.0 Å². The predicted molar refractivity (Wildman–Crippen MR) is 47.5 cm³/mol. The Morgan fingerprint density at radius 1 is 1.58 bits per heavy atom. The zero-order valence-electron chi connectivity index (χ0n) is 6.24. The average molecular weight is 231 g/mol. The van der Waals surface area contributed by atoms with Gasteiger partial charge in [-0.05, 0) is 28.1 Å². The fourth-order valence-corrected chi connectivity index (χ4v) is 0.995. The third-order valence-corrected chi connectivity index (χ3v) is 1.81. The van der Waals surface area contributed by atoms with Crippen molar-refractivity contribution in [3.63, 3.8) is 0 Å². The van der Waals surface area contributed by atoms with Crippen molar-refractivity contribution in [2.24, 2.45) is 0 Å². The van der Waals surface area contributed by atoms with Gasteiger partial charge < -0.3 is 0 Å². The van der Waals surface area contributed by atoms with Gasteiger partial charge in [-0.15, -0.1) is 0 Å². The normalized spacial score (nSPS) is 9.75. The highest BCUT2D eigenvalue weighted by Gasteiger charge is 1.99. The number of pyridine rings is 1. The second-order valence-electron chi connectivity index (χ2n) is 2.27. The third-order valence-electron chi connectivity index (χ3n) is 1.34. The molecule has 0 unspecified atom stereocenters. The van der Waals surface area contributed by atoms with E-state index in [1.165, 1.54) is 0 Å². The Morgan fingerprint density at radius 3 is 2.83 bits per heavy atom. The van der Waals surface area contributed by atoms with Crippen molar-refractivity contribution in [1.29, 1.82) is 0 Å². The molecule has 0 amide bonds. The van der Waals surface area contributed by atoms with E-state index in [1.807, 2.05) is 6.07 Å². The highest BCUT2D eigenvalue weighted by molar-refractivity contribution is 9.10. The summed E-state index contributed by atoms with van der Waals surface area (Å²) in [5, 5.41) is 10.0. The number of aromatic nitrogens is 1. The van der Waals surface area contributed by atoms with Gasteiger partial charge in [0.1, 0.15) is 0 Å². The molecule has 0 bridgehead atoms. The Balaban J connectivity index is 2.53. The maximum atomic E-state index is 10.0. The molecule has 1 aromatic rings. The van der Waals surface area contributed by atoms with Crippen molar-refractivity contribution in [3.05, 3.63) is 38.6 Å². The molecule has 4 nitrogen and oxygen atoms in total. The summed E-state index contributed by atoms with van der Waals surface area (Å²) in [6.45, 7) is -0.0609. The lowest BCUT2D eigenvalue weighted by Crippen LogP contribution is -2.04. The smallest absolute Gasteiger partial charge is 0.209 e. The molecular weight excluding hydrogens is 224 g/mol. The molecule has 0 aliphatic heterocycles. The fraction of sp³-hybridized carbons (Fsp3) is 0.286. The molecule has 1 heterocycles. The van der Waals surface area contributed by atoms with Gasteiger partial charge >= 0.3 is 0 Å². The largest absolute Gasteiger partial charge is 0.265 e. The quantitative estimate of drug-likeness (QED) is 0.587. The van der Waals surface area contributed by atoms with Crippen LogP contribution in [0.2, 0.25) is 0 Å². The number of nitro groups is 1. The molecule has 0 aromatic carbocycles. The molecule has 1 rings (SSSR count). The molecule has 0 radical (unpaired) electrons. The van der Waals surface area contributed by atoms with Crippen LogP contribution in [0.1, 0.15) is 5.69 Å². The zero-order valence-corrected chi connectivity index (χ0v) is 7.82. The first kappa shape index (κ1) is 9.12. The lowest BCUT2D eigenvalue weighted by atomic mass is 10.3. The summed E-state index contributed by atoms with van der Waals surface area (Å²) < 4.78 is 0.882. The maximum absolute atomic E-state index is 10.0. The summed E-state index contributed by atoms with van der Waals surface area (Å²) >= 11 is 3.23. The van der Waals surface area contributed by atoms with Crippen LogP contribution >= 0.6 is 15.9 Å². The van der Waals surface area contributed by atoms with Gasteiger partial charge in [0, 0.05) is 21.3 Å². The molecule has 0 saturated carbocycles. The van der Waals surface area contributed by atoms with Crippen LogP contribution in [0.5, 0.6) is 0 Å². The lowest BCUT2D eigenvalue weighted by Gasteiger charge is -1.95. The number of hydrogen-bond acceptors (Lipinski definition) is 3. The number of hydrogen-bond donors (Lipinski definition) is 0. The average Bonchev–Trinajstić information content (AvgIpc) is 2.03. The van der Waals surface area contributed by atoms with Gasteiger partial charge in [-0.3, -0.25) is 15.1 Å². The molecule has 64 valence electrons. The summed E-state index contributed by atoms with van der Waals surface area (Å²) in [5.74, 6) is 0. The maximum Gasteiger partial charge on any atom is 0.209 e. The Labute approximate surface area is 77.9 Å². The SMILES string of the molecule is O=[N+]([O-])CCc1ccc(Br)cn1. The molecule has 0 fully saturated rings. The molecular formula is C7H7BrN2O2. The van der Waals surface area contributed by atoms with Crippen molar-refractivity contribution >= 4 is 15.9 Å². The van der Waals surface area contributed by atoms with E-state index in [0.29, 0.717) is 6.42 Å². The predicted octanol–water partition coefficient (Wildman–Crippen LogP) is 1.66. The van der Waals surface area contributed by atoms with Gasteiger partial charge in [-0.25, -0.2) is 0 Å². The van der Waals surface area contributed by atoms with Gasteiger partial charge in [0.2, 0.25) is 6.54 Å². The third kappa shape index (κ3) is 2.96. The Hall–Kier alpha value is -0.970. The van der Waals surface area contributed by atoms with Gasteiger partial charge in [-0.2, -0.15) is 0 Å². The number of halogens is 1. The van der Waals surface area contributed by atoms with Crippen LogP contribution in [-0.2, 0) is 6.42 Å². The highest BCUT2D eigenvalue weighted by Crippen LogP contribution is 2.07. The van der Waals surface area contributed by atoms with Crippen LogP contribution in [0.4, 0.5) is 0 Å². The molecule has 0 aliphatic rings. The molecule has 1 aromatic heterocycles. The van der Waals surface area contributed by atoms with Crippen LogP contribution in [0.3, 0.4) is 0 Å². The van der Waals surface area contributed by atoms with Crippen molar-refractivity contribution in [2.75, 3.05) is 6.54 Å². The van der Waals surface area contributed by atoms with Gasteiger partial charge in [-0.1, -0.05) is 0 Å². The van der Waals surface area contributed by atoms with E-state index in [4.69, 9.17) is 0 Å². The first-order chi connectivity index (χ1) is 5.68. The molecule has 0 saturated heterocycles. The van der Waals surface area contributed by atoms with Crippen LogP contribution < -0.4 is 0 Å². The molecule has 12 heavy (non-hydrogen) atoms. The van der Waals surface area contributed by atoms with Gasteiger partial charge in [0.25, 0.3) is 0 Å². The monoisotopic (exact) mass is 230 g/mol. The second-order valence-corrected chi connectivity index (χ2v) is 3.19. The van der Waals surface area contributed by atoms with E-state index in [0.717, 1.165) is 10.2 Å². The molecule has 5 heteroatoms. The van der Waals surface area contributed by atoms with E-state index in [9.17, 15) is 10.1 Å². The van der Waals surface area contributed by atoms with Crippen LogP contribution in [0, 0.1) is 10.1 Å². The minimum Gasteiger partial charge on any atom is -0.265 e. The number of rotatable bonds is 3. The number of nitrogens with zero attached hydrogens (tertiary/aromatic N) is 2. The van der Waals surface area contributed by atoms with Crippen molar-refractivity contribution in [3.8, 4) is 0 Å². The highest BCUT2D eigenvalue weighted by atomic mass is 79.9. The molecule has 0 atom stereocenters. The van der Waals surface area contributed by atoms with Crippen molar-refractivity contribution in [1.82, 2.24) is 4.98 Å². The standard InChI is InChI=1S/C7H7BrN2O2/c8-6-1-2-7(9-5-6)3-4-10(11)12/h1-2,5H,3-4H2. The summed E-state index contributed by atoms with van der Waals surface area (Å²) in [7, 11) is 0. The van der Waals surface area contributed by atoms with E-state index < -0.39 is 0 Å². The Morgan fingerprint density at radius 2 is 2.33 bits per heavy atom. The van der Waals surface area contributed by atoms with Crippen LogP contribution in [0.25, 0.3) is 0 Å².